The molecule has 0 spiro atoms. The summed E-state index contributed by atoms with van der Waals surface area (Å²) in [7, 11) is 1.50. The average molecular weight is 254 g/mol. The summed E-state index contributed by atoms with van der Waals surface area (Å²) in [5.74, 6) is 1.13. The van der Waals surface area contributed by atoms with Gasteiger partial charge in [0.2, 0.25) is 0 Å². The highest BCUT2D eigenvalue weighted by molar-refractivity contribution is 5.76. The molecule has 3 heteroatoms. The van der Waals surface area contributed by atoms with Crippen LogP contribution in [0, 0.1) is 22.7 Å². The van der Waals surface area contributed by atoms with Crippen molar-refractivity contribution in [1.82, 2.24) is 0 Å². The van der Waals surface area contributed by atoms with Gasteiger partial charge in [0, 0.05) is 6.61 Å². The molecule has 0 radical (unpaired) electrons. The SMILES string of the molecule is CCC1(C(=O)OC)CC2CC(CC(C)(CO)C2)C1. The van der Waals surface area contributed by atoms with Crippen molar-refractivity contribution in [3.05, 3.63) is 0 Å². The van der Waals surface area contributed by atoms with Gasteiger partial charge >= 0.3 is 5.97 Å². The predicted octanol–water partition coefficient (Wildman–Crippen LogP) is 2.76. The van der Waals surface area contributed by atoms with Crippen LogP contribution in [0.5, 0.6) is 0 Å². The van der Waals surface area contributed by atoms with E-state index in [1.54, 1.807) is 0 Å². The molecular weight excluding hydrogens is 228 g/mol. The Morgan fingerprint density at radius 3 is 2.22 bits per heavy atom. The van der Waals surface area contributed by atoms with Crippen molar-refractivity contribution in [3.63, 3.8) is 0 Å². The first-order valence-corrected chi connectivity index (χ1v) is 7.16. The number of hydrogen-bond donors (Lipinski definition) is 1. The van der Waals surface area contributed by atoms with Gasteiger partial charge in [0.25, 0.3) is 0 Å². The van der Waals surface area contributed by atoms with E-state index in [0.717, 1.165) is 32.1 Å². The van der Waals surface area contributed by atoms with Crippen LogP contribution in [-0.4, -0.2) is 24.8 Å². The van der Waals surface area contributed by atoms with E-state index in [2.05, 4.69) is 13.8 Å². The van der Waals surface area contributed by atoms with Gasteiger partial charge in [-0.3, -0.25) is 4.79 Å². The second kappa shape index (κ2) is 4.84. The molecule has 2 rings (SSSR count). The first-order valence-electron chi connectivity index (χ1n) is 7.16. The third-order valence-corrected chi connectivity index (χ3v) is 5.27. The van der Waals surface area contributed by atoms with Crippen LogP contribution in [0.15, 0.2) is 0 Å². The number of ether oxygens (including phenoxy) is 1. The number of fused-ring (bicyclic) bond motifs is 2. The zero-order chi connectivity index (χ0) is 13.4. The second-order valence-electron chi connectivity index (χ2n) is 6.88. The molecule has 0 aliphatic heterocycles. The zero-order valence-corrected chi connectivity index (χ0v) is 11.9. The number of methoxy groups -OCH3 is 1. The summed E-state index contributed by atoms with van der Waals surface area (Å²) in [4.78, 5) is 12.1. The van der Waals surface area contributed by atoms with Gasteiger partial charge in [-0.05, 0) is 55.8 Å². The zero-order valence-electron chi connectivity index (χ0n) is 11.9. The number of rotatable bonds is 3. The molecule has 2 aliphatic rings. The minimum atomic E-state index is -0.251. The summed E-state index contributed by atoms with van der Waals surface area (Å²) in [6.45, 7) is 4.56. The number of carbonyl (C=O) groups excluding carboxylic acids is 1. The van der Waals surface area contributed by atoms with Crippen LogP contribution >= 0.6 is 0 Å². The molecule has 3 nitrogen and oxygen atoms in total. The van der Waals surface area contributed by atoms with Gasteiger partial charge in [-0.25, -0.2) is 0 Å². The van der Waals surface area contributed by atoms with Gasteiger partial charge in [-0.1, -0.05) is 13.8 Å². The molecule has 2 unspecified atom stereocenters. The van der Waals surface area contributed by atoms with Crippen LogP contribution < -0.4 is 0 Å². The summed E-state index contributed by atoms with van der Waals surface area (Å²) < 4.78 is 5.04. The number of aliphatic hydroxyl groups is 1. The molecule has 2 saturated carbocycles. The maximum Gasteiger partial charge on any atom is 0.311 e. The highest BCUT2D eigenvalue weighted by atomic mass is 16.5. The van der Waals surface area contributed by atoms with Crippen molar-refractivity contribution in [2.24, 2.45) is 22.7 Å². The Morgan fingerprint density at radius 1 is 1.28 bits per heavy atom. The molecule has 0 heterocycles. The van der Waals surface area contributed by atoms with E-state index in [0.29, 0.717) is 11.8 Å². The molecule has 2 aliphatic carbocycles. The first-order chi connectivity index (χ1) is 8.47. The van der Waals surface area contributed by atoms with Crippen molar-refractivity contribution in [2.45, 2.75) is 52.4 Å². The lowest BCUT2D eigenvalue weighted by Gasteiger charge is -2.50. The molecule has 2 bridgehead atoms. The van der Waals surface area contributed by atoms with Crippen molar-refractivity contribution in [2.75, 3.05) is 13.7 Å². The van der Waals surface area contributed by atoms with E-state index >= 15 is 0 Å². The normalized spacial score (nSPS) is 43.6. The van der Waals surface area contributed by atoms with E-state index in [1.165, 1.54) is 13.5 Å². The average Bonchev–Trinajstić information content (AvgIpc) is 2.36. The highest BCUT2D eigenvalue weighted by Gasteiger charge is 2.50. The van der Waals surface area contributed by atoms with Gasteiger partial charge in [-0.2, -0.15) is 0 Å². The largest absolute Gasteiger partial charge is 0.469 e. The fraction of sp³-hybridized carbons (Fsp3) is 0.933. The van der Waals surface area contributed by atoms with Gasteiger partial charge in [0.1, 0.15) is 0 Å². The smallest absolute Gasteiger partial charge is 0.311 e. The molecule has 0 saturated heterocycles. The van der Waals surface area contributed by atoms with Gasteiger partial charge in [0.05, 0.1) is 12.5 Å². The van der Waals surface area contributed by atoms with Crippen LogP contribution in [0.1, 0.15) is 52.4 Å². The molecule has 0 amide bonds. The van der Waals surface area contributed by atoms with E-state index < -0.39 is 0 Å². The molecule has 104 valence electrons. The Balaban J connectivity index is 2.17. The lowest BCUT2D eigenvalue weighted by Crippen LogP contribution is -2.46. The van der Waals surface area contributed by atoms with Crippen LogP contribution in [0.2, 0.25) is 0 Å². The van der Waals surface area contributed by atoms with E-state index in [-0.39, 0.29) is 23.4 Å². The van der Waals surface area contributed by atoms with Crippen LogP contribution in [0.4, 0.5) is 0 Å². The van der Waals surface area contributed by atoms with Crippen molar-refractivity contribution in [1.29, 1.82) is 0 Å². The minimum Gasteiger partial charge on any atom is -0.469 e. The number of carbonyl (C=O) groups is 1. The summed E-state index contributed by atoms with van der Waals surface area (Å²) in [5, 5.41) is 9.56. The van der Waals surface area contributed by atoms with Crippen LogP contribution in [-0.2, 0) is 9.53 Å². The topological polar surface area (TPSA) is 46.5 Å². The molecule has 2 atom stereocenters. The Kier molecular flexibility index (Phi) is 3.72. The monoisotopic (exact) mass is 254 g/mol. The quantitative estimate of drug-likeness (QED) is 0.788. The van der Waals surface area contributed by atoms with Crippen LogP contribution in [0.3, 0.4) is 0 Å². The number of aliphatic hydroxyl groups excluding tert-OH is 1. The van der Waals surface area contributed by atoms with Crippen molar-refractivity contribution >= 4 is 5.97 Å². The Morgan fingerprint density at radius 2 is 1.83 bits per heavy atom. The maximum atomic E-state index is 12.1. The lowest BCUT2D eigenvalue weighted by atomic mass is 9.54. The molecule has 1 N–H and O–H groups in total. The molecule has 0 aromatic heterocycles. The van der Waals surface area contributed by atoms with Crippen LogP contribution in [0.25, 0.3) is 0 Å². The Labute approximate surface area is 110 Å². The molecule has 18 heavy (non-hydrogen) atoms. The summed E-state index contributed by atoms with van der Waals surface area (Å²) in [5.41, 5.74) is -0.178. The summed E-state index contributed by atoms with van der Waals surface area (Å²) in [6, 6.07) is 0. The molecule has 0 aromatic carbocycles. The van der Waals surface area contributed by atoms with Crippen molar-refractivity contribution in [3.8, 4) is 0 Å². The maximum absolute atomic E-state index is 12.1. The highest BCUT2D eigenvalue weighted by Crippen LogP contribution is 2.55. The van der Waals surface area contributed by atoms with E-state index in [1.807, 2.05) is 0 Å². The van der Waals surface area contributed by atoms with Crippen molar-refractivity contribution < 1.29 is 14.6 Å². The number of esters is 1. The van der Waals surface area contributed by atoms with Gasteiger partial charge < -0.3 is 9.84 Å². The fourth-order valence-electron chi connectivity index (χ4n) is 4.56. The molecule has 0 aromatic rings. The fourth-order valence-corrected chi connectivity index (χ4v) is 4.56. The number of hydrogen-bond acceptors (Lipinski definition) is 3. The Bertz CT molecular complexity index is 310. The third-order valence-electron chi connectivity index (χ3n) is 5.27. The van der Waals surface area contributed by atoms with Gasteiger partial charge in [-0.15, -0.1) is 0 Å². The Hall–Kier alpha value is -0.570. The second-order valence-corrected chi connectivity index (χ2v) is 6.88. The predicted molar refractivity (Wildman–Crippen MR) is 70.0 cm³/mol. The van der Waals surface area contributed by atoms with E-state index in [9.17, 15) is 9.90 Å². The van der Waals surface area contributed by atoms with Gasteiger partial charge in [0.15, 0.2) is 0 Å². The minimum absolute atomic E-state index is 0.0210. The molecule has 2 fully saturated rings. The summed E-state index contributed by atoms with van der Waals surface area (Å²) in [6.07, 6.45) is 6.11. The first kappa shape index (κ1) is 13.9. The summed E-state index contributed by atoms with van der Waals surface area (Å²) >= 11 is 0. The third kappa shape index (κ3) is 2.29. The lowest BCUT2D eigenvalue weighted by molar-refractivity contribution is -0.160. The standard InChI is InChI=1S/C15H26O3/c1-4-15(13(17)18-3)8-11-5-12(9-15)7-14(2,6-11)10-16/h11-12,16H,4-10H2,1-3H3. The molecular formula is C15H26O3. The van der Waals surface area contributed by atoms with E-state index in [4.69, 9.17) is 4.74 Å².